The van der Waals surface area contributed by atoms with Crippen molar-refractivity contribution in [2.45, 2.75) is 20.8 Å². The van der Waals surface area contributed by atoms with E-state index in [-0.39, 0.29) is 0 Å². The Morgan fingerprint density at radius 2 is 2.00 bits per heavy atom. The second-order valence-electron chi connectivity index (χ2n) is 4.22. The van der Waals surface area contributed by atoms with Crippen molar-refractivity contribution in [1.29, 1.82) is 0 Å². The molecule has 0 aliphatic rings. The van der Waals surface area contributed by atoms with Gasteiger partial charge in [0.2, 0.25) is 0 Å². The lowest BCUT2D eigenvalue weighted by atomic mass is 10.0. The third-order valence-corrected chi connectivity index (χ3v) is 3.99. The van der Waals surface area contributed by atoms with Crippen LogP contribution in [0.3, 0.4) is 0 Å². The molecule has 0 fully saturated rings. The molecule has 0 saturated carbocycles. The van der Waals surface area contributed by atoms with Crippen molar-refractivity contribution in [3.05, 3.63) is 39.8 Å². The molecule has 0 amide bonds. The number of carboxylic acid groups (broad SMARTS) is 1. The summed E-state index contributed by atoms with van der Waals surface area (Å²) in [6, 6.07) is 4.31. The maximum absolute atomic E-state index is 10.5. The molecule has 17 heavy (non-hydrogen) atoms. The van der Waals surface area contributed by atoms with Crippen molar-refractivity contribution in [2.24, 2.45) is 0 Å². The molecule has 3 heteroatoms. The first-order valence-corrected chi connectivity index (χ1v) is 6.22. The SMILES string of the molecule is Cc1cc(C)c2c(C)c(/C=C/C(=O)O)sc2c1. The Labute approximate surface area is 104 Å². The molecule has 0 bridgehead atoms. The summed E-state index contributed by atoms with van der Waals surface area (Å²) < 4.78 is 1.23. The van der Waals surface area contributed by atoms with Crippen LogP contribution in [0.25, 0.3) is 16.2 Å². The number of benzene rings is 1. The molecule has 88 valence electrons. The lowest BCUT2D eigenvalue weighted by Gasteiger charge is -2.00. The first-order valence-electron chi connectivity index (χ1n) is 5.40. The average Bonchev–Trinajstić information content (AvgIpc) is 2.52. The van der Waals surface area contributed by atoms with E-state index in [2.05, 4.69) is 26.0 Å². The van der Waals surface area contributed by atoms with Gasteiger partial charge in [-0.1, -0.05) is 6.07 Å². The van der Waals surface area contributed by atoms with Crippen molar-refractivity contribution < 1.29 is 9.90 Å². The number of carboxylic acids is 1. The normalized spacial score (nSPS) is 11.5. The second-order valence-corrected chi connectivity index (χ2v) is 5.30. The third-order valence-electron chi connectivity index (χ3n) is 2.79. The first-order chi connectivity index (χ1) is 7.99. The summed E-state index contributed by atoms with van der Waals surface area (Å²) in [7, 11) is 0. The molecule has 1 aromatic carbocycles. The molecule has 0 saturated heterocycles. The van der Waals surface area contributed by atoms with Gasteiger partial charge in [-0.3, -0.25) is 0 Å². The minimum Gasteiger partial charge on any atom is -0.478 e. The van der Waals surface area contributed by atoms with E-state index in [9.17, 15) is 4.79 Å². The zero-order valence-corrected chi connectivity index (χ0v) is 10.9. The third kappa shape index (κ3) is 2.24. The Balaban J connectivity index is 2.64. The van der Waals surface area contributed by atoms with Gasteiger partial charge < -0.3 is 5.11 Å². The summed E-state index contributed by atoms with van der Waals surface area (Å²) in [5, 5.41) is 9.91. The molecule has 0 aliphatic heterocycles. The van der Waals surface area contributed by atoms with Crippen LogP contribution in [-0.4, -0.2) is 11.1 Å². The lowest BCUT2D eigenvalue weighted by molar-refractivity contribution is -0.131. The number of hydrogen-bond acceptors (Lipinski definition) is 2. The molecule has 2 rings (SSSR count). The maximum Gasteiger partial charge on any atom is 0.328 e. The minimum absolute atomic E-state index is 0.908. The number of rotatable bonds is 2. The second kappa shape index (κ2) is 4.34. The molecule has 0 spiro atoms. The molecule has 2 aromatic rings. The monoisotopic (exact) mass is 246 g/mol. The van der Waals surface area contributed by atoms with Gasteiger partial charge in [0.15, 0.2) is 0 Å². The molecule has 0 unspecified atom stereocenters. The summed E-state index contributed by atoms with van der Waals surface area (Å²) in [6.45, 7) is 6.22. The van der Waals surface area contributed by atoms with Crippen LogP contribution < -0.4 is 0 Å². The predicted octanol–water partition coefficient (Wildman–Crippen LogP) is 3.92. The van der Waals surface area contributed by atoms with Crippen LogP contribution in [0.2, 0.25) is 0 Å². The largest absolute Gasteiger partial charge is 0.478 e. The van der Waals surface area contributed by atoms with E-state index >= 15 is 0 Å². The van der Waals surface area contributed by atoms with E-state index in [0.717, 1.165) is 4.88 Å². The van der Waals surface area contributed by atoms with Crippen molar-refractivity contribution in [3.8, 4) is 0 Å². The fourth-order valence-corrected chi connectivity index (χ4v) is 3.40. The molecule has 1 aromatic heterocycles. The molecular weight excluding hydrogens is 232 g/mol. The van der Waals surface area contributed by atoms with Crippen LogP contribution in [0.15, 0.2) is 18.2 Å². The topological polar surface area (TPSA) is 37.3 Å². The number of thiophene rings is 1. The highest BCUT2D eigenvalue weighted by Gasteiger charge is 2.09. The number of fused-ring (bicyclic) bond motifs is 1. The standard InChI is InChI=1S/C14H14O2S/c1-8-6-9(2)14-10(3)11(4-5-13(15)16)17-12(14)7-8/h4-7H,1-3H3,(H,15,16)/b5-4+. The molecule has 0 radical (unpaired) electrons. The van der Waals surface area contributed by atoms with Crippen molar-refractivity contribution >= 4 is 33.5 Å². The fraction of sp³-hybridized carbons (Fsp3) is 0.214. The number of aryl methyl sites for hydroxylation is 3. The molecule has 1 N–H and O–H groups in total. The van der Waals surface area contributed by atoms with Gasteiger partial charge in [-0.15, -0.1) is 11.3 Å². The van der Waals surface area contributed by atoms with E-state index in [1.165, 1.54) is 32.9 Å². The zero-order chi connectivity index (χ0) is 12.6. The van der Waals surface area contributed by atoms with Crippen LogP contribution in [0.1, 0.15) is 21.6 Å². The van der Waals surface area contributed by atoms with Crippen molar-refractivity contribution in [3.63, 3.8) is 0 Å². The summed E-state index contributed by atoms with van der Waals surface area (Å²) in [6.07, 6.45) is 2.87. The van der Waals surface area contributed by atoms with Crippen LogP contribution in [0.4, 0.5) is 0 Å². The molecule has 2 nitrogen and oxygen atoms in total. The van der Waals surface area contributed by atoms with E-state index in [1.807, 2.05) is 6.92 Å². The van der Waals surface area contributed by atoms with Gasteiger partial charge in [0.25, 0.3) is 0 Å². The Kier molecular flexibility index (Phi) is 3.03. The van der Waals surface area contributed by atoms with Gasteiger partial charge in [-0.05, 0) is 55.0 Å². The highest BCUT2D eigenvalue weighted by Crippen LogP contribution is 2.34. The summed E-state index contributed by atoms with van der Waals surface area (Å²) in [5.41, 5.74) is 3.66. The highest BCUT2D eigenvalue weighted by molar-refractivity contribution is 7.20. The summed E-state index contributed by atoms with van der Waals surface area (Å²) in [4.78, 5) is 11.6. The predicted molar refractivity (Wildman–Crippen MR) is 72.7 cm³/mol. The quantitative estimate of drug-likeness (QED) is 0.815. The molecule has 1 heterocycles. The van der Waals surface area contributed by atoms with Gasteiger partial charge in [0.1, 0.15) is 0 Å². The number of hydrogen-bond donors (Lipinski definition) is 1. The van der Waals surface area contributed by atoms with Gasteiger partial charge in [0, 0.05) is 15.7 Å². The number of carbonyl (C=O) groups is 1. The van der Waals surface area contributed by atoms with Gasteiger partial charge in [-0.25, -0.2) is 4.79 Å². The Morgan fingerprint density at radius 1 is 1.29 bits per heavy atom. The van der Waals surface area contributed by atoms with Crippen LogP contribution >= 0.6 is 11.3 Å². The summed E-state index contributed by atoms with van der Waals surface area (Å²) in [5.74, 6) is -0.908. The van der Waals surface area contributed by atoms with Crippen molar-refractivity contribution in [1.82, 2.24) is 0 Å². The summed E-state index contributed by atoms with van der Waals surface area (Å²) >= 11 is 1.64. The Hall–Kier alpha value is -1.61. The lowest BCUT2D eigenvalue weighted by Crippen LogP contribution is -1.85. The zero-order valence-electron chi connectivity index (χ0n) is 10.1. The van der Waals surface area contributed by atoms with E-state index < -0.39 is 5.97 Å². The van der Waals surface area contributed by atoms with Gasteiger partial charge in [0.05, 0.1) is 0 Å². The molecular formula is C14H14O2S. The van der Waals surface area contributed by atoms with E-state index in [4.69, 9.17) is 5.11 Å². The molecule has 0 atom stereocenters. The average molecular weight is 246 g/mol. The van der Waals surface area contributed by atoms with Gasteiger partial charge in [-0.2, -0.15) is 0 Å². The Morgan fingerprint density at radius 3 is 2.65 bits per heavy atom. The van der Waals surface area contributed by atoms with Crippen LogP contribution in [-0.2, 0) is 4.79 Å². The fourth-order valence-electron chi connectivity index (χ4n) is 2.11. The Bertz CT molecular complexity index is 621. The van der Waals surface area contributed by atoms with E-state index in [1.54, 1.807) is 17.4 Å². The van der Waals surface area contributed by atoms with Crippen LogP contribution in [0.5, 0.6) is 0 Å². The van der Waals surface area contributed by atoms with Crippen LogP contribution in [0, 0.1) is 20.8 Å². The first kappa shape index (κ1) is 11.9. The highest BCUT2D eigenvalue weighted by atomic mass is 32.1. The maximum atomic E-state index is 10.5. The van der Waals surface area contributed by atoms with Gasteiger partial charge >= 0.3 is 5.97 Å². The number of aliphatic carboxylic acids is 1. The molecule has 0 aliphatic carbocycles. The van der Waals surface area contributed by atoms with E-state index in [0.29, 0.717) is 0 Å². The minimum atomic E-state index is -0.908. The van der Waals surface area contributed by atoms with Crippen molar-refractivity contribution in [2.75, 3.05) is 0 Å². The smallest absolute Gasteiger partial charge is 0.328 e.